The summed E-state index contributed by atoms with van der Waals surface area (Å²) in [6, 6.07) is 4.05. The van der Waals surface area contributed by atoms with E-state index in [9.17, 15) is 22.8 Å². The molecule has 0 aliphatic carbocycles. The van der Waals surface area contributed by atoms with Crippen LogP contribution in [0.5, 0.6) is 0 Å². The highest BCUT2D eigenvalue weighted by Gasteiger charge is 2.41. The Morgan fingerprint density at radius 3 is 2.72 bits per heavy atom. The second-order valence-electron chi connectivity index (χ2n) is 8.26. The van der Waals surface area contributed by atoms with Gasteiger partial charge in [-0.1, -0.05) is 25.8 Å². The van der Waals surface area contributed by atoms with Gasteiger partial charge in [0.1, 0.15) is 16.5 Å². The largest absolute Gasteiger partial charge is 0.465 e. The molecule has 12 heteroatoms. The van der Waals surface area contributed by atoms with Gasteiger partial charge >= 0.3 is 12.1 Å². The van der Waals surface area contributed by atoms with Crippen LogP contribution in [-0.4, -0.2) is 34.9 Å². The number of amides is 1. The number of aryl methyl sites for hydroxylation is 1. The van der Waals surface area contributed by atoms with Gasteiger partial charge in [0.15, 0.2) is 5.69 Å². The molecule has 4 rings (SSSR count). The number of hydrogen-bond acceptors (Lipinski definition) is 7. The molecule has 0 bridgehead atoms. The summed E-state index contributed by atoms with van der Waals surface area (Å²) in [6.45, 7) is 3.94. The Kier molecular flexibility index (Phi) is 7.55. The van der Waals surface area contributed by atoms with Gasteiger partial charge in [-0.15, -0.1) is 22.7 Å². The zero-order valence-electron chi connectivity index (χ0n) is 19.9. The summed E-state index contributed by atoms with van der Waals surface area (Å²) in [5.74, 6) is -1.25. The van der Waals surface area contributed by atoms with Crippen molar-refractivity contribution in [2.45, 2.75) is 51.7 Å². The summed E-state index contributed by atoms with van der Waals surface area (Å²) in [5.41, 5.74) is -0.106. The number of nitrogens with one attached hydrogen (secondary N) is 2. The molecule has 0 spiro atoms. The Morgan fingerprint density at radius 1 is 1.31 bits per heavy atom. The van der Waals surface area contributed by atoms with E-state index >= 15 is 0 Å². The van der Waals surface area contributed by atoms with E-state index in [1.807, 2.05) is 6.92 Å². The van der Waals surface area contributed by atoms with Crippen molar-refractivity contribution in [1.29, 1.82) is 0 Å². The fourth-order valence-electron chi connectivity index (χ4n) is 4.05. The van der Waals surface area contributed by atoms with Crippen molar-refractivity contribution >= 4 is 51.1 Å². The summed E-state index contributed by atoms with van der Waals surface area (Å²) in [5, 5.41) is 11.7. The molecular formula is C24H25F3N4O3S2. The molecule has 0 aromatic carbocycles. The number of aromatic nitrogens is 2. The lowest BCUT2D eigenvalue weighted by molar-refractivity contribution is -0.0747. The standard InChI is InChI=1S/C24H25F3N4O3S2/c1-4-5-6-8-14-13(2)36-22(20(14)23(33)34-3)29-21(32)16-12-19-28-15(17-9-7-10-35-17)11-18(24(25,26)27)31(19)30-16/h7,9-12,15,28H,4-6,8H2,1-3H3,(H,29,32). The van der Waals surface area contributed by atoms with Crippen LogP contribution in [0.25, 0.3) is 5.70 Å². The molecular weight excluding hydrogens is 513 g/mol. The number of allylic oxidation sites excluding steroid dienone is 1. The third-order valence-electron chi connectivity index (χ3n) is 5.79. The number of unbranched alkanes of at least 4 members (excludes halogenated alkanes) is 2. The third kappa shape index (κ3) is 5.19. The lowest BCUT2D eigenvalue weighted by Crippen LogP contribution is -2.26. The van der Waals surface area contributed by atoms with Crippen molar-refractivity contribution in [3.05, 3.63) is 56.2 Å². The first kappa shape index (κ1) is 26.0. The Morgan fingerprint density at radius 2 is 2.08 bits per heavy atom. The molecule has 7 nitrogen and oxygen atoms in total. The van der Waals surface area contributed by atoms with Gasteiger partial charge in [0.25, 0.3) is 5.91 Å². The van der Waals surface area contributed by atoms with Gasteiger partial charge in [-0.3, -0.25) is 4.79 Å². The van der Waals surface area contributed by atoms with Gasteiger partial charge in [-0.25, -0.2) is 9.48 Å². The number of anilines is 2. The van der Waals surface area contributed by atoms with Crippen molar-refractivity contribution < 1.29 is 27.5 Å². The normalized spacial score (nSPS) is 15.2. The van der Waals surface area contributed by atoms with Gasteiger partial charge in [0.05, 0.1) is 18.7 Å². The van der Waals surface area contributed by atoms with Gasteiger partial charge in [-0.05, 0) is 42.9 Å². The van der Waals surface area contributed by atoms with E-state index in [2.05, 4.69) is 22.7 Å². The first-order valence-electron chi connectivity index (χ1n) is 11.3. The van der Waals surface area contributed by atoms with Crippen LogP contribution in [0.3, 0.4) is 0 Å². The first-order chi connectivity index (χ1) is 17.1. The van der Waals surface area contributed by atoms with Crippen LogP contribution in [-0.2, 0) is 11.2 Å². The number of thiophene rings is 2. The maximum atomic E-state index is 13.8. The van der Waals surface area contributed by atoms with Crippen molar-refractivity contribution in [3.8, 4) is 0 Å². The molecule has 2 N–H and O–H groups in total. The van der Waals surface area contributed by atoms with Gasteiger partial charge in [0.2, 0.25) is 0 Å². The van der Waals surface area contributed by atoms with Crippen LogP contribution in [0.1, 0.15) is 68.4 Å². The van der Waals surface area contributed by atoms with E-state index in [0.717, 1.165) is 35.8 Å². The maximum absolute atomic E-state index is 13.8. The second-order valence-corrected chi connectivity index (χ2v) is 10.5. The number of halogens is 3. The highest BCUT2D eigenvalue weighted by atomic mass is 32.1. The van der Waals surface area contributed by atoms with E-state index in [4.69, 9.17) is 4.74 Å². The smallest absolute Gasteiger partial charge is 0.433 e. The van der Waals surface area contributed by atoms with E-state index in [-0.39, 0.29) is 22.1 Å². The monoisotopic (exact) mass is 538 g/mol. The van der Waals surface area contributed by atoms with Crippen LogP contribution >= 0.6 is 22.7 Å². The minimum absolute atomic E-state index is 0.0455. The van der Waals surface area contributed by atoms with Gasteiger partial charge in [-0.2, -0.15) is 18.3 Å². The number of carbonyl (C=O) groups excluding carboxylic acids is 2. The Bertz CT molecular complexity index is 1290. The summed E-state index contributed by atoms with van der Waals surface area (Å²) < 4.78 is 47.2. The van der Waals surface area contributed by atoms with Crippen LogP contribution < -0.4 is 10.6 Å². The molecule has 36 heavy (non-hydrogen) atoms. The minimum atomic E-state index is -4.68. The Labute approximate surface area is 214 Å². The van der Waals surface area contributed by atoms with Crippen molar-refractivity contribution in [3.63, 3.8) is 0 Å². The Balaban J connectivity index is 1.64. The molecule has 1 atom stereocenters. The number of hydrogen-bond donors (Lipinski definition) is 2. The SMILES string of the molecule is CCCCCc1c(C)sc(NC(=O)c2cc3n(n2)C(C(F)(F)F)=CC(c2cccs2)N3)c1C(=O)OC. The van der Waals surface area contributed by atoms with E-state index < -0.39 is 29.8 Å². The molecule has 0 saturated carbocycles. The van der Waals surface area contributed by atoms with Crippen LogP contribution in [0, 0.1) is 6.92 Å². The van der Waals surface area contributed by atoms with Crippen LogP contribution in [0.15, 0.2) is 29.7 Å². The predicted molar refractivity (Wildman–Crippen MR) is 135 cm³/mol. The molecule has 192 valence electrons. The fraction of sp³-hybridized carbons (Fsp3) is 0.375. The van der Waals surface area contributed by atoms with Crippen molar-refractivity contribution in [1.82, 2.24) is 9.78 Å². The number of esters is 1. The summed E-state index contributed by atoms with van der Waals surface area (Å²) in [4.78, 5) is 27.2. The molecule has 1 aliphatic rings. The zero-order valence-corrected chi connectivity index (χ0v) is 21.5. The van der Waals surface area contributed by atoms with Crippen LogP contribution in [0.4, 0.5) is 24.0 Å². The van der Waals surface area contributed by atoms with Crippen molar-refractivity contribution in [2.24, 2.45) is 0 Å². The predicted octanol–water partition coefficient (Wildman–Crippen LogP) is 6.66. The average Bonchev–Trinajstić information content (AvgIpc) is 3.57. The number of ether oxygens (including phenoxy) is 1. The molecule has 0 saturated heterocycles. The molecule has 0 radical (unpaired) electrons. The first-order valence-corrected chi connectivity index (χ1v) is 13.0. The highest BCUT2D eigenvalue weighted by molar-refractivity contribution is 7.16. The second kappa shape index (κ2) is 10.5. The fourth-order valence-corrected chi connectivity index (χ4v) is 5.88. The van der Waals surface area contributed by atoms with E-state index in [1.54, 1.807) is 17.5 Å². The quantitative estimate of drug-likeness (QED) is 0.248. The number of alkyl halides is 3. The molecule has 0 fully saturated rings. The third-order valence-corrected chi connectivity index (χ3v) is 7.81. The number of nitrogens with zero attached hydrogens (tertiary/aromatic N) is 2. The zero-order chi connectivity index (χ0) is 26.0. The minimum Gasteiger partial charge on any atom is -0.465 e. The number of methoxy groups -OCH3 is 1. The number of fused-ring (bicyclic) bond motifs is 1. The van der Waals surface area contributed by atoms with Gasteiger partial charge < -0.3 is 15.4 Å². The van der Waals surface area contributed by atoms with Crippen molar-refractivity contribution in [2.75, 3.05) is 17.7 Å². The summed E-state index contributed by atoms with van der Waals surface area (Å²) in [6.07, 6.45) is -0.0875. The lowest BCUT2D eigenvalue weighted by Gasteiger charge is -2.25. The number of carbonyl (C=O) groups is 2. The number of rotatable bonds is 8. The topological polar surface area (TPSA) is 85.3 Å². The molecule has 1 amide bonds. The maximum Gasteiger partial charge on any atom is 0.433 e. The average molecular weight is 539 g/mol. The Hall–Kier alpha value is -3.12. The molecule has 3 aromatic rings. The molecule has 1 unspecified atom stereocenters. The van der Waals surface area contributed by atoms with E-state index in [0.29, 0.717) is 16.0 Å². The summed E-state index contributed by atoms with van der Waals surface area (Å²) >= 11 is 2.55. The molecule has 1 aliphatic heterocycles. The lowest BCUT2D eigenvalue weighted by atomic mass is 10.0. The van der Waals surface area contributed by atoms with Gasteiger partial charge in [0, 0.05) is 15.8 Å². The van der Waals surface area contributed by atoms with Crippen LogP contribution in [0.2, 0.25) is 0 Å². The summed E-state index contributed by atoms with van der Waals surface area (Å²) in [7, 11) is 1.26. The van der Waals surface area contributed by atoms with E-state index in [1.165, 1.54) is 35.8 Å². The molecule has 4 heterocycles. The highest BCUT2D eigenvalue weighted by Crippen LogP contribution is 2.40. The molecule has 3 aromatic heterocycles.